The van der Waals surface area contributed by atoms with Crippen molar-refractivity contribution in [3.63, 3.8) is 0 Å². The number of amides is 1. The van der Waals surface area contributed by atoms with Crippen LogP contribution >= 0.6 is 11.5 Å². The molecule has 0 spiro atoms. The van der Waals surface area contributed by atoms with Gasteiger partial charge in [0.1, 0.15) is 0 Å². The predicted octanol–water partition coefficient (Wildman–Crippen LogP) is 3.36. The number of benzene rings is 2. The lowest BCUT2D eigenvalue weighted by Gasteiger charge is -2.06. The van der Waals surface area contributed by atoms with Crippen LogP contribution in [-0.2, 0) is 4.79 Å². The Labute approximate surface area is 132 Å². The number of carbonyl (C=O) groups is 1. The molecular formula is C17H15N3OS. The van der Waals surface area contributed by atoms with Crippen molar-refractivity contribution in [2.75, 3.05) is 0 Å². The molecule has 5 heteroatoms. The van der Waals surface area contributed by atoms with Crippen LogP contribution in [0.3, 0.4) is 0 Å². The summed E-state index contributed by atoms with van der Waals surface area (Å²) in [5.41, 5.74) is 3.19. The topological polar surface area (TPSA) is 47.2 Å². The van der Waals surface area contributed by atoms with E-state index in [4.69, 9.17) is 0 Å². The van der Waals surface area contributed by atoms with E-state index in [0.717, 1.165) is 17.1 Å². The van der Waals surface area contributed by atoms with Crippen molar-refractivity contribution in [3.05, 3.63) is 65.0 Å². The van der Waals surface area contributed by atoms with Gasteiger partial charge in [-0.3, -0.25) is 4.79 Å². The van der Waals surface area contributed by atoms with Crippen LogP contribution in [0.5, 0.6) is 0 Å². The van der Waals surface area contributed by atoms with Crippen molar-refractivity contribution in [3.8, 4) is 17.1 Å². The van der Waals surface area contributed by atoms with Crippen molar-refractivity contribution < 1.29 is 4.79 Å². The lowest BCUT2D eigenvalue weighted by atomic mass is 10.2. The predicted molar refractivity (Wildman–Crippen MR) is 87.9 cm³/mol. The summed E-state index contributed by atoms with van der Waals surface area (Å²) in [6.45, 7) is 3.48. The van der Waals surface area contributed by atoms with Crippen LogP contribution in [-0.4, -0.2) is 14.8 Å². The van der Waals surface area contributed by atoms with Crippen LogP contribution in [0, 0.1) is 6.92 Å². The summed E-state index contributed by atoms with van der Waals surface area (Å²) >= 11 is 1.36. The van der Waals surface area contributed by atoms with E-state index >= 15 is 0 Å². The Morgan fingerprint density at radius 2 is 1.77 bits per heavy atom. The quantitative estimate of drug-likeness (QED) is 0.729. The number of aromatic nitrogens is 2. The second kappa shape index (κ2) is 6.07. The zero-order chi connectivity index (χ0) is 15.5. The van der Waals surface area contributed by atoms with E-state index < -0.39 is 0 Å². The monoisotopic (exact) mass is 309 g/mol. The summed E-state index contributed by atoms with van der Waals surface area (Å²) in [6, 6.07) is 18.1. The number of hydrogen-bond donors (Lipinski definition) is 0. The number of aryl methyl sites for hydroxylation is 1. The van der Waals surface area contributed by atoms with Crippen LogP contribution < -0.4 is 4.80 Å². The maximum Gasteiger partial charge on any atom is 0.245 e. The van der Waals surface area contributed by atoms with Gasteiger partial charge in [-0.05, 0) is 30.6 Å². The molecule has 1 aromatic heterocycles. The average Bonchev–Trinajstić information content (AvgIpc) is 2.92. The van der Waals surface area contributed by atoms with Gasteiger partial charge in [-0.2, -0.15) is 9.98 Å². The standard InChI is InChI=1S/C17H15N3OS/c1-12-8-10-15(11-9-12)20-16(14-6-4-3-5-7-14)19-17(22-20)18-13(2)21/h3-11H,1-2H3. The van der Waals surface area contributed by atoms with E-state index in [9.17, 15) is 4.79 Å². The lowest BCUT2D eigenvalue weighted by molar-refractivity contribution is -0.116. The van der Waals surface area contributed by atoms with E-state index in [0.29, 0.717) is 4.80 Å². The molecule has 4 nitrogen and oxygen atoms in total. The molecule has 1 amide bonds. The van der Waals surface area contributed by atoms with E-state index in [1.54, 1.807) is 0 Å². The van der Waals surface area contributed by atoms with E-state index in [1.165, 1.54) is 24.0 Å². The van der Waals surface area contributed by atoms with Crippen LogP contribution in [0.15, 0.2) is 59.6 Å². The van der Waals surface area contributed by atoms with E-state index in [-0.39, 0.29) is 5.91 Å². The molecule has 0 atom stereocenters. The van der Waals surface area contributed by atoms with Crippen LogP contribution in [0.1, 0.15) is 12.5 Å². The molecule has 0 saturated carbocycles. The molecular weight excluding hydrogens is 294 g/mol. The van der Waals surface area contributed by atoms with Crippen molar-refractivity contribution in [2.24, 2.45) is 4.99 Å². The molecule has 0 aliphatic rings. The highest BCUT2D eigenvalue weighted by molar-refractivity contribution is 7.04. The number of rotatable bonds is 2. The largest absolute Gasteiger partial charge is 0.273 e. The SMILES string of the molecule is CC(=O)N=c1nc(-c2ccccc2)n(-c2ccc(C)cc2)s1. The van der Waals surface area contributed by atoms with Crippen LogP contribution in [0.25, 0.3) is 17.1 Å². The zero-order valence-electron chi connectivity index (χ0n) is 12.4. The second-order valence-corrected chi connectivity index (χ2v) is 5.85. The molecule has 110 valence electrons. The number of hydrogen-bond acceptors (Lipinski definition) is 3. The smallest absolute Gasteiger partial charge is 0.245 e. The number of nitrogens with zero attached hydrogens (tertiary/aromatic N) is 3. The minimum atomic E-state index is -0.246. The number of carbonyl (C=O) groups excluding carboxylic acids is 1. The third kappa shape index (κ3) is 3.04. The highest BCUT2D eigenvalue weighted by Crippen LogP contribution is 2.22. The fourth-order valence-electron chi connectivity index (χ4n) is 2.09. The molecule has 0 aliphatic heterocycles. The Morgan fingerprint density at radius 1 is 1.09 bits per heavy atom. The zero-order valence-corrected chi connectivity index (χ0v) is 13.2. The Balaban J connectivity index is 2.21. The van der Waals surface area contributed by atoms with Gasteiger partial charge >= 0.3 is 0 Å². The van der Waals surface area contributed by atoms with Gasteiger partial charge in [0.05, 0.1) is 5.69 Å². The van der Waals surface area contributed by atoms with Crippen molar-refractivity contribution in [1.29, 1.82) is 0 Å². The molecule has 2 aromatic carbocycles. The molecule has 0 aliphatic carbocycles. The maximum atomic E-state index is 11.2. The molecule has 0 radical (unpaired) electrons. The van der Waals surface area contributed by atoms with Crippen LogP contribution in [0.2, 0.25) is 0 Å². The minimum Gasteiger partial charge on any atom is -0.273 e. The molecule has 0 bridgehead atoms. The van der Waals surface area contributed by atoms with Gasteiger partial charge in [0, 0.05) is 12.5 Å². The first-order chi connectivity index (χ1) is 10.6. The van der Waals surface area contributed by atoms with Crippen molar-refractivity contribution >= 4 is 17.4 Å². The average molecular weight is 309 g/mol. The van der Waals surface area contributed by atoms with Gasteiger partial charge in [-0.1, -0.05) is 48.0 Å². The summed E-state index contributed by atoms with van der Waals surface area (Å²) < 4.78 is 2.00. The van der Waals surface area contributed by atoms with Gasteiger partial charge in [-0.15, -0.1) is 0 Å². The molecule has 3 rings (SSSR count). The van der Waals surface area contributed by atoms with E-state index in [1.807, 2.05) is 46.4 Å². The molecule has 0 unspecified atom stereocenters. The van der Waals surface area contributed by atoms with Crippen molar-refractivity contribution in [2.45, 2.75) is 13.8 Å². The van der Waals surface area contributed by atoms with Crippen LogP contribution in [0.4, 0.5) is 0 Å². The molecule has 22 heavy (non-hydrogen) atoms. The third-order valence-electron chi connectivity index (χ3n) is 3.12. The highest BCUT2D eigenvalue weighted by Gasteiger charge is 2.10. The first-order valence-electron chi connectivity index (χ1n) is 6.91. The fourth-order valence-corrected chi connectivity index (χ4v) is 3.01. The highest BCUT2D eigenvalue weighted by atomic mass is 32.1. The van der Waals surface area contributed by atoms with Crippen molar-refractivity contribution in [1.82, 2.24) is 8.94 Å². The van der Waals surface area contributed by atoms with Gasteiger partial charge in [0.15, 0.2) is 5.82 Å². The summed E-state index contributed by atoms with van der Waals surface area (Å²) in [5.74, 6) is 0.541. The summed E-state index contributed by atoms with van der Waals surface area (Å²) in [5, 5.41) is 0. The molecule has 0 N–H and O–H groups in total. The molecule has 3 aromatic rings. The van der Waals surface area contributed by atoms with Gasteiger partial charge in [-0.25, -0.2) is 3.96 Å². The molecule has 0 fully saturated rings. The van der Waals surface area contributed by atoms with Gasteiger partial charge in [0.25, 0.3) is 0 Å². The first-order valence-corrected chi connectivity index (χ1v) is 7.69. The third-order valence-corrected chi connectivity index (χ3v) is 4.03. The Hall–Kier alpha value is -2.53. The minimum absolute atomic E-state index is 0.246. The van der Waals surface area contributed by atoms with Gasteiger partial charge < -0.3 is 0 Å². The lowest BCUT2D eigenvalue weighted by Crippen LogP contribution is -2.01. The second-order valence-electron chi connectivity index (χ2n) is 4.94. The Morgan fingerprint density at radius 3 is 2.41 bits per heavy atom. The summed E-state index contributed by atoms with van der Waals surface area (Å²) in [7, 11) is 0. The first kappa shape index (κ1) is 14.4. The Kier molecular flexibility index (Phi) is 3.98. The molecule has 1 heterocycles. The van der Waals surface area contributed by atoms with Gasteiger partial charge in [0.2, 0.25) is 10.7 Å². The Bertz CT molecular complexity index is 861. The summed E-state index contributed by atoms with van der Waals surface area (Å²) in [6.07, 6.45) is 0. The normalized spacial score (nSPS) is 11.6. The van der Waals surface area contributed by atoms with E-state index in [2.05, 4.69) is 29.0 Å². The summed E-state index contributed by atoms with van der Waals surface area (Å²) in [4.78, 5) is 20.2. The maximum absolute atomic E-state index is 11.2. The molecule has 0 saturated heterocycles. The fraction of sp³-hybridized carbons (Fsp3) is 0.118.